The van der Waals surface area contributed by atoms with Crippen molar-refractivity contribution in [2.45, 2.75) is 13.0 Å². The van der Waals surface area contributed by atoms with E-state index in [2.05, 4.69) is 39.0 Å². The number of fused-ring (bicyclic) bond motifs is 1. The van der Waals surface area contributed by atoms with Crippen LogP contribution in [0.3, 0.4) is 0 Å². The number of aromatic nitrogens is 3. The Kier molecular flexibility index (Phi) is 4.31. The molecule has 126 valence electrons. The molecular weight excluding hydrogens is 312 g/mol. The van der Waals surface area contributed by atoms with E-state index in [1.807, 2.05) is 36.5 Å². The maximum atomic E-state index is 5.61. The Bertz CT molecular complexity index is 944. The summed E-state index contributed by atoms with van der Waals surface area (Å²) >= 11 is 0. The van der Waals surface area contributed by atoms with Crippen molar-refractivity contribution in [3.05, 3.63) is 72.4 Å². The number of nitrogens with zero attached hydrogens (tertiary/aromatic N) is 3. The van der Waals surface area contributed by atoms with E-state index in [1.54, 1.807) is 12.5 Å². The fourth-order valence-electron chi connectivity index (χ4n) is 3.07. The maximum Gasteiger partial charge on any atom is 0.150 e. The third-order valence-electron chi connectivity index (χ3n) is 4.35. The van der Waals surface area contributed by atoms with Gasteiger partial charge in [0.1, 0.15) is 11.4 Å². The molecule has 0 amide bonds. The van der Waals surface area contributed by atoms with Crippen molar-refractivity contribution in [3.63, 3.8) is 0 Å². The van der Waals surface area contributed by atoms with Crippen molar-refractivity contribution in [3.8, 4) is 11.5 Å². The lowest BCUT2D eigenvalue weighted by Gasteiger charge is -2.17. The molecule has 0 aliphatic heterocycles. The minimum Gasteiger partial charge on any atom is -0.463 e. The quantitative estimate of drug-likeness (QED) is 0.582. The molecule has 0 aromatic carbocycles. The van der Waals surface area contributed by atoms with Crippen LogP contribution in [-0.4, -0.2) is 33.4 Å². The molecule has 0 unspecified atom stereocenters. The normalized spacial score (nSPS) is 11.4. The van der Waals surface area contributed by atoms with Gasteiger partial charge in [-0.2, -0.15) is 0 Å². The molecule has 0 aliphatic carbocycles. The first-order chi connectivity index (χ1) is 12.3. The molecule has 0 fully saturated rings. The topological polar surface area (TPSA) is 58.0 Å². The predicted octanol–water partition coefficient (Wildman–Crippen LogP) is 3.89. The number of hydrogen-bond acceptors (Lipinski definition) is 4. The SMILES string of the molecule is CN(CCc1ccccn1)Cc1c(-c2ccco2)[nH]c2ncccc12. The van der Waals surface area contributed by atoms with Crippen LogP contribution < -0.4 is 0 Å². The second kappa shape index (κ2) is 6.91. The van der Waals surface area contributed by atoms with E-state index in [0.29, 0.717) is 0 Å². The average molecular weight is 332 g/mol. The minimum absolute atomic E-state index is 0.814. The summed E-state index contributed by atoms with van der Waals surface area (Å²) in [7, 11) is 2.13. The molecule has 4 rings (SSSR count). The summed E-state index contributed by atoms with van der Waals surface area (Å²) in [4.78, 5) is 14.5. The van der Waals surface area contributed by atoms with Gasteiger partial charge in [0.15, 0.2) is 0 Å². The number of pyridine rings is 2. The number of hydrogen-bond donors (Lipinski definition) is 1. The van der Waals surface area contributed by atoms with E-state index < -0.39 is 0 Å². The molecular formula is C20H20N4O. The number of likely N-dealkylation sites (N-methyl/N-ethyl adjacent to an activating group) is 1. The van der Waals surface area contributed by atoms with Crippen LogP contribution in [0.1, 0.15) is 11.3 Å². The van der Waals surface area contributed by atoms with Crippen molar-refractivity contribution in [2.75, 3.05) is 13.6 Å². The second-order valence-electron chi connectivity index (χ2n) is 6.16. The lowest BCUT2D eigenvalue weighted by molar-refractivity contribution is 0.331. The van der Waals surface area contributed by atoms with Crippen molar-refractivity contribution < 1.29 is 4.42 Å². The largest absolute Gasteiger partial charge is 0.463 e. The molecule has 0 aliphatic rings. The van der Waals surface area contributed by atoms with Crippen LogP contribution in [0.15, 0.2) is 65.5 Å². The molecule has 5 heteroatoms. The highest BCUT2D eigenvalue weighted by Crippen LogP contribution is 2.30. The summed E-state index contributed by atoms with van der Waals surface area (Å²) < 4.78 is 5.61. The predicted molar refractivity (Wildman–Crippen MR) is 98.1 cm³/mol. The monoisotopic (exact) mass is 332 g/mol. The minimum atomic E-state index is 0.814. The first kappa shape index (κ1) is 15.6. The van der Waals surface area contributed by atoms with E-state index in [9.17, 15) is 0 Å². The number of rotatable bonds is 6. The Morgan fingerprint density at radius 2 is 1.96 bits per heavy atom. The van der Waals surface area contributed by atoms with Crippen molar-refractivity contribution >= 4 is 11.0 Å². The summed E-state index contributed by atoms with van der Waals surface area (Å²) in [5.41, 5.74) is 4.22. The molecule has 0 spiro atoms. The van der Waals surface area contributed by atoms with Gasteiger partial charge in [-0.15, -0.1) is 0 Å². The standard InChI is InChI=1S/C20H20N4O/c1-24(12-9-15-6-2-3-10-21-15)14-17-16-7-4-11-22-20(16)23-19(17)18-8-5-13-25-18/h2-8,10-11,13H,9,12,14H2,1H3,(H,22,23). The molecule has 4 aromatic heterocycles. The lowest BCUT2D eigenvalue weighted by atomic mass is 10.1. The van der Waals surface area contributed by atoms with Crippen molar-refractivity contribution in [1.29, 1.82) is 0 Å². The number of H-pyrrole nitrogens is 1. The van der Waals surface area contributed by atoms with E-state index in [-0.39, 0.29) is 0 Å². The van der Waals surface area contributed by atoms with Gasteiger partial charge in [0.2, 0.25) is 0 Å². The lowest BCUT2D eigenvalue weighted by Crippen LogP contribution is -2.21. The first-order valence-electron chi connectivity index (χ1n) is 8.39. The van der Waals surface area contributed by atoms with E-state index in [0.717, 1.165) is 47.7 Å². The zero-order chi connectivity index (χ0) is 17.1. The molecule has 4 heterocycles. The highest BCUT2D eigenvalue weighted by Gasteiger charge is 2.17. The van der Waals surface area contributed by atoms with Crippen LogP contribution >= 0.6 is 0 Å². The van der Waals surface area contributed by atoms with Gasteiger partial charge >= 0.3 is 0 Å². The molecule has 0 saturated heterocycles. The van der Waals surface area contributed by atoms with E-state index in [4.69, 9.17) is 4.42 Å². The third kappa shape index (κ3) is 3.32. The Hall–Kier alpha value is -2.92. The maximum absolute atomic E-state index is 5.61. The van der Waals surface area contributed by atoms with Crippen molar-refractivity contribution in [2.24, 2.45) is 0 Å². The number of aromatic amines is 1. The summed E-state index contributed by atoms with van der Waals surface area (Å²) in [5.74, 6) is 0.839. The van der Waals surface area contributed by atoms with Crippen molar-refractivity contribution in [1.82, 2.24) is 19.9 Å². The van der Waals surface area contributed by atoms with Crippen LogP contribution in [0.2, 0.25) is 0 Å². The van der Waals surface area contributed by atoms with E-state index >= 15 is 0 Å². The molecule has 0 radical (unpaired) electrons. The van der Waals surface area contributed by atoms with E-state index in [1.165, 1.54) is 5.56 Å². The van der Waals surface area contributed by atoms with Crippen LogP contribution in [-0.2, 0) is 13.0 Å². The van der Waals surface area contributed by atoms with Crippen LogP contribution in [0, 0.1) is 0 Å². The van der Waals surface area contributed by atoms with Gasteiger partial charge in [0.05, 0.1) is 12.0 Å². The molecule has 0 bridgehead atoms. The van der Waals surface area contributed by atoms with Gasteiger partial charge in [0.25, 0.3) is 0 Å². The molecule has 4 aromatic rings. The summed E-state index contributed by atoms with van der Waals surface area (Å²) in [5, 5.41) is 1.14. The summed E-state index contributed by atoms with van der Waals surface area (Å²) in [6.07, 6.45) is 6.27. The van der Waals surface area contributed by atoms with Gasteiger partial charge in [-0.25, -0.2) is 4.98 Å². The van der Waals surface area contributed by atoms with Gasteiger partial charge in [-0.3, -0.25) is 4.98 Å². The molecule has 0 atom stereocenters. The Balaban J connectivity index is 1.58. The van der Waals surface area contributed by atoms with Gasteiger partial charge in [-0.1, -0.05) is 6.07 Å². The molecule has 25 heavy (non-hydrogen) atoms. The Morgan fingerprint density at radius 1 is 1.04 bits per heavy atom. The van der Waals surface area contributed by atoms with Crippen LogP contribution in [0.25, 0.3) is 22.5 Å². The zero-order valence-corrected chi connectivity index (χ0v) is 14.1. The number of furan rings is 1. The highest BCUT2D eigenvalue weighted by molar-refractivity contribution is 5.87. The molecule has 0 saturated carbocycles. The number of nitrogens with one attached hydrogen (secondary N) is 1. The summed E-state index contributed by atoms with van der Waals surface area (Å²) in [6.45, 7) is 1.75. The van der Waals surface area contributed by atoms with Gasteiger partial charge in [-0.05, 0) is 43.4 Å². The molecule has 5 nitrogen and oxygen atoms in total. The van der Waals surface area contributed by atoms with Crippen LogP contribution in [0.5, 0.6) is 0 Å². The fraction of sp³-hybridized carbons (Fsp3) is 0.200. The van der Waals surface area contributed by atoms with Crippen LogP contribution in [0.4, 0.5) is 0 Å². The third-order valence-corrected chi connectivity index (χ3v) is 4.35. The highest BCUT2D eigenvalue weighted by atomic mass is 16.3. The second-order valence-corrected chi connectivity index (χ2v) is 6.16. The fourth-order valence-corrected chi connectivity index (χ4v) is 3.07. The van der Waals surface area contributed by atoms with Gasteiger partial charge < -0.3 is 14.3 Å². The Morgan fingerprint density at radius 3 is 2.76 bits per heavy atom. The smallest absolute Gasteiger partial charge is 0.150 e. The zero-order valence-electron chi connectivity index (χ0n) is 14.1. The van der Waals surface area contributed by atoms with Gasteiger partial charge in [0, 0.05) is 48.5 Å². The Labute approximate surface area is 146 Å². The first-order valence-corrected chi connectivity index (χ1v) is 8.39. The average Bonchev–Trinajstić information content (AvgIpc) is 3.29. The summed E-state index contributed by atoms with van der Waals surface area (Å²) in [6, 6.07) is 14.0. The molecule has 1 N–H and O–H groups in total.